The molecule has 1 N–H and O–H groups in total. The summed E-state index contributed by atoms with van der Waals surface area (Å²) in [6.07, 6.45) is 8.89. The van der Waals surface area contributed by atoms with E-state index in [0.29, 0.717) is 6.04 Å². The molecule has 1 aromatic rings. The van der Waals surface area contributed by atoms with Crippen LogP contribution in [0.15, 0.2) is 6.33 Å². The van der Waals surface area contributed by atoms with Gasteiger partial charge >= 0.3 is 0 Å². The molecule has 0 saturated heterocycles. The first-order valence-electron chi connectivity index (χ1n) is 7.41. The van der Waals surface area contributed by atoms with E-state index in [4.69, 9.17) is 0 Å². The minimum absolute atomic E-state index is 0.674. The highest BCUT2D eigenvalue weighted by Gasteiger charge is 2.08. The van der Waals surface area contributed by atoms with E-state index in [0.717, 1.165) is 25.3 Å². The van der Waals surface area contributed by atoms with Crippen LogP contribution in [0.3, 0.4) is 0 Å². The maximum absolute atomic E-state index is 4.32. The van der Waals surface area contributed by atoms with E-state index in [-0.39, 0.29) is 0 Å². The Balaban J connectivity index is 2.29. The summed E-state index contributed by atoms with van der Waals surface area (Å²) in [5, 5.41) is 7.84. The summed E-state index contributed by atoms with van der Waals surface area (Å²) in [6, 6.07) is 0.674. The number of hydrogen-bond donors (Lipinski definition) is 1. The van der Waals surface area contributed by atoms with Crippen molar-refractivity contribution < 1.29 is 0 Å². The van der Waals surface area contributed by atoms with Gasteiger partial charge in [-0.05, 0) is 39.2 Å². The van der Waals surface area contributed by atoms with Crippen molar-refractivity contribution in [2.75, 3.05) is 6.54 Å². The number of hydrogen-bond acceptors (Lipinski definition) is 3. The molecule has 1 heterocycles. The van der Waals surface area contributed by atoms with Gasteiger partial charge in [-0.2, -0.15) is 5.10 Å². The molecule has 0 aromatic carbocycles. The lowest BCUT2D eigenvalue weighted by Crippen LogP contribution is -2.29. The first-order valence-corrected chi connectivity index (χ1v) is 7.41. The molecule has 4 heteroatoms. The fourth-order valence-corrected chi connectivity index (χ4v) is 2.30. The van der Waals surface area contributed by atoms with Crippen molar-refractivity contribution in [3.8, 4) is 0 Å². The highest BCUT2D eigenvalue weighted by atomic mass is 15.3. The molecule has 18 heavy (non-hydrogen) atoms. The van der Waals surface area contributed by atoms with Crippen LogP contribution in [-0.2, 0) is 13.0 Å². The van der Waals surface area contributed by atoms with Gasteiger partial charge < -0.3 is 5.32 Å². The van der Waals surface area contributed by atoms with E-state index in [1.807, 2.05) is 4.68 Å². The Kier molecular flexibility index (Phi) is 7.65. The molecule has 0 spiro atoms. The maximum atomic E-state index is 4.32. The lowest BCUT2D eigenvalue weighted by molar-refractivity contribution is 0.433. The first-order chi connectivity index (χ1) is 8.81. The lowest BCUT2D eigenvalue weighted by Gasteiger charge is -2.17. The van der Waals surface area contributed by atoms with E-state index in [9.17, 15) is 0 Å². The Bertz CT molecular complexity index is 308. The van der Waals surface area contributed by atoms with Crippen molar-refractivity contribution in [1.29, 1.82) is 0 Å². The monoisotopic (exact) mass is 252 g/mol. The Morgan fingerprint density at radius 2 is 2.06 bits per heavy atom. The quantitative estimate of drug-likeness (QED) is 0.696. The zero-order chi connectivity index (χ0) is 13.2. The Labute approximate surface area is 111 Å². The van der Waals surface area contributed by atoms with Gasteiger partial charge in [0.15, 0.2) is 0 Å². The predicted molar refractivity (Wildman–Crippen MR) is 75.6 cm³/mol. The SMILES string of the molecule is CCCNC(CCC)CCCc1ncnn1CC. The number of nitrogens with zero attached hydrogens (tertiary/aromatic N) is 3. The smallest absolute Gasteiger partial charge is 0.138 e. The molecule has 1 atom stereocenters. The van der Waals surface area contributed by atoms with Gasteiger partial charge in [-0.3, -0.25) is 4.68 Å². The van der Waals surface area contributed by atoms with Gasteiger partial charge in [-0.1, -0.05) is 20.3 Å². The summed E-state index contributed by atoms with van der Waals surface area (Å²) in [5.41, 5.74) is 0. The van der Waals surface area contributed by atoms with Crippen molar-refractivity contribution >= 4 is 0 Å². The topological polar surface area (TPSA) is 42.7 Å². The molecule has 1 rings (SSSR count). The van der Waals surface area contributed by atoms with Crippen LogP contribution in [0, 0.1) is 0 Å². The van der Waals surface area contributed by atoms with Gasteiger partial charge in [-0.15, -0.1) is 0 Å². The molecule has 0 saturated carbocycles. The summed E-state index contributed by atoms with van der Waals surface area (Å²) in [7, 11) is 0. The molecule has 0 bridgehead atoms. The molecule has 0 aliphatic carbocycles. The molecular formula is C14H28N4. The maximum Gasteiger partial charge on any atom is 0.138 e. The Hall–Kier alpha value is -0.900. The zero-order valence-electron chi connectivity index (χ0n) is 12.2. The normalized spacial score (nSPS) is 12.8. The minimum Gasteiger partial charge on any atom is -0.314 e. The Morgan fingerprint density at radius 3 is 2.72 bits per heavy atom. The van der Waals surface area contributed by atoms with Crippen LogP contribution in [-0.4, -0.2) is 27.4 Å². The predicted octanol–water partition coefficient (Wildman–Crippen LogP) is 2.79. The largest absolute Gasteiger partial charge is 0.314 e. The molecule has 0 fully saturated rings. The molecule has 0 amide bonds. The van der Waals surface area contributed by atoms with Crippen LogP contribution in [0.4, 0.5) is 0 Å². The van der Waals surface area contributed by atoms with E-state index in [1.165, 1.54) is 32.1 Å². The second-order valence-corrected chi connectivity index (χ2v) is 4.82. The van der Waals surface area contributed by atoms with Crippen LogP contribution >= 0.6 is 0 Å². The van der Waals surface area contributed by atoms with E-state index >= 15 is 0 Å². The average Bonchev–Trinajstić information content (AvgIpc) is 2.83. The third-order valence-electron chi connectivity index (χ3n) is 3.27. The van der Waals surface area contributed by atoms with Gasteiger partial charge in [-0.25, -0.2) is 4.98 Å². The van der Waals surface area contributed by atoms with Crippen LogP contribution in [0.5, 0.6) is 0 Å². The van der Waals surface area contributed by atoms with Crippen LogP contribution in [0.25, 0.3) is 0 Å². The van der Waals surface area contributed by atoms with Gasteiger partial charge in [0.2, 0.25) is 0 Å². The van der Waals surface area contributed by atoms with E-state index in [1.54, 1.807) is 6.33 Å². The summed E-state index contributed by atoms with van der Waals surface area (Å²) < 4.78 is 1.99. The van der Waals surface area contributed by atoms with Crippen molar-refractivity contribution in [2.24, 2.45) is 0 Å². The third kappa shape index (κ3) is 5.17. The molecule has 0 radical (unpaired) electrons. The summed E-state index contributed by atoms with van der Waals surface area (Å²) in [5.74, 6) is 1.13. The summed E-state index contributed by atoms with van der Waals surface area (Å²) in [4.78, 5) is 4.32. The number of nitrogens with one attached hydrogen (secondary N) is 1. The fourth-order valence-electron chi connectivity index (χ4n) is 2.30. The molecule has 104 valence electrons. The van der Waals surface area contributed by atoms with E-state index in [2.05, 4.69) is 36.2 Å². The van der Waals surface area contributed by atoms with Crippen molar-refractivity contribution in [3.63, 3.8) is 0 Å². The third-order valence-corrected chi connectivity index (χ3v) is 3.27. The van der Waals surface area contributed by atoms with Crippen molar-refractivity contribution in [1.82, 2.24) is 20.1 Å². The number of aryl methyl sites for hydroxylation is 2. The van der Waals surface area contributed by atoms with Gasteiger partial charge in [0.25, 0.3) is 0 Å². The fraction of sp³-hybridized carbons (Fsp3) is 0.857. The van der Waals surface area contributed by atoms with Crippen LogP contribution in [0.1, 0.15) is 58.7 Å². The lowest BCUT2D eigenvalue weighted by atomic mass is 10.0. The second-order valence-electron chi connectivity index (χ2n) is 4.82. The molecular weight excluding hydrogens is 224 g/mol. The van der Waals surface area contributed by atoms with Crippen LogP contribution < -0.4 is 5.32 Å². The first kappa shape index (κ1) is 15.2. The Morgan fingerprint density at radius 1 is 1.22 bits per heavy atom. The standard InChI is InChI=1S/C14H28N4/c1-4-8-13(15-11-5-2)9-7-10-14-16-12-17-18(14)6-3/h12-13,15H,4-11H2,1-3H3. The summed E-state index contributed by atoms with van der Waals surface area (Å²) in [6.45, 7) is 8.65. The molecule has 1 aromatic heterocycles. The zero-order valence-corrected chi connectivity index (χ0v) is 12.2. The number of rotatable bonds is 10. The minimum atomic E-state index is 0.674. The molecule has 4 nitrogen and oxygen atoms in total. The molecule has 0 aliphatic heterocycles. The number of aromatic nitrogens is 3. The van der Waals surface area contributed by atoms with Gasteiger partial charge in [0.05, 0.1) is 0 Å². The van der Waals surface area contributed by atoms with E-state index < -0.39 is 0 Å². The van der Waals surface area contributed by atoms with Gasteiger partial charge in [0.1, 0.15) is 12.2 Å². The highest BCUT2D eigenvalue weighted by molar-refractivity contribution is 4.84. The van der Waals surface area contributed by atoms with Gasteiger partial charge in [0, 0.05) is 19.0 Å². The van der Waals surface area contributed by atoms with Crippen molar-refractivity contribution in [2.45, 2.75) is 71.9 Å². The van der Waals surface area contributed by atoms with Crippen molar-refractivity contribution in [3.05, 3.63) is 12.2 Å². The summed E-state index contributed by atoms with van der Waals surface area (Å²) >= 11 is 0. The second kappa shape index (κ2) is 9.09. The highest BCUT2D eigenvalue weighted by Crippen LogP contribution is 2.08. The molecule has 0 aliphatic rings. The average molecular weight is 252 g/mol. The molecule has 1 unspecified atom stereocenters. The van der Waals surface area contributed by atoms with Crippen LogP contribution in [0.2, 0.25) is 0 Å².